The Morgan fingerprint density at radius 3 is 2.64 bits per heavy atom. The van der Waals surface area contributed by atoms with Crippen LogP contribution >= 0.6 is 11.6 Å². The molecule has 3 heterocycles. The number of nitrogens with zero attached hydrogens (tertiary/aromatic N) is 5. The number of hydrogen-bond acceptors (Lipinski definition) is 9. The van der Waals surface area contributed by atoms with Crippen LogP contribution in [0.4, 0.5) is 37.8 Å². The number of alkyl halides is 5. The SMILES string of the molecule is Nc1nc(-c2cc3ncn(CCCC(COC(F)F)Nc4cn[nH]c(=O)c4C(F)(F)F)c(=O)c3cc2F)nc(C2CC2)c1Cl. The number of halogens is 7. The van der Waals surface area contributed by atoms with Crippen LogP contribution in [0, 0.1) is 5.82 Å². The number of nitrogen functional groups attached to an aromatic ring is 1. The van der Waals surface area contributed by atoms with Crippen molar-refractivity contribution in [2.45, 2.75) is 57.0 Å². The number of ether oxygens (including phenoxy) is 1. The summed E-state index contributed by atoms with van der Waals surface area (Å²) in [6.45, 7) is -3.99. The molecule has 18 heteroatoms. The zero-order valence-electron chi connectivity index (χ0n) is 22.5. The van der Waals surface area contributed by atoms with E-state index in [1.807, 2.05) is 0 Å². The van der Waals surface area contributed by atoms with Gasteiger partial charge >= 0.3 is 12.8 Å². The summed E-state index contributed by atoms with van der Waals surface area (Å²) in [5, 5.41) is 7.55. The maximum Gasteiger partial charge on any atom is 0.423 e. The molecule has 0 bridgehead atoms. The second-order valence-electron chi connectivity index (χ2n) is 10.1. The van der Waals surface area contributed by atoms with Crippen molar-refractivity contribution in [3.8, 4) is 11.4 Å². The van der Waals surface area contributed by atoms with Crippen molar-refractivity contribution in [1.82, 2.24) is 29.7 Å². The summed E-state index contributed by atoms with van der Waals surface area (Å²) in [6, 6.07) is 1.16. The summed E-state index contributed by atoms with van der Waals surface area (Å²) in [6.07, 6.45) is -1.44. The first-order valence-electron chi connectivity index (χ1n) is 13.2. The number of aryl methyl sites for hydroxylation is 1. The molecule has 1 aliphatic rings. The lowest BCUT2D eigenvalue weighted by molar-refractivity contribution is -0.138. The van der Waals surface area contributed by atoms with Gasteiger partial charge in [0, 0.05) is 18.5 Å². The van der Waals surface area contributed by atoms with Crippen LogP contribution in [0.25, 0.3) is 22.3 Å². The summed E-state index contributed by atoms with van der Waals surface area (Å²) >= 11 is 6.22. The Bertz CT molecular complexity index is 1810. The maximum absolute atomic E-state index is 15.2. The summed E-state index contributed by atoms with van der Waals surface area (Å²) in [7, 11) is 0. The van der Waals surface area contributed by atoms with Crippen molar-refractivity contribution in [3.05, 3.63) is 67.5 Å². The largest absolute Gasteiger partial charge is 0.423 e. The molecule has 234 valence electrons. The van der Waals surface area contributed by atoms with E-state index < -0.39 is 53.6 Å². The number of fused-ring (bicyclic) bond motifs is 1. The highest BCUT2D eigenvalue weighted by molar-refractivity contribution is 6.33. The maximum atomic E-state index is 15.2. The number of aromatic amines is 1. The molecule has 0 spiro atoms. The van der Waals surface area contributed by atoms with Crippen LogP contribution in [-0.2, 0) is 17.5 Å². The Morgan fingerprint density at radius 2 is 1.95 bits per heavy atom. The summed E-state index contributed by atoms with van der Waals surface area (Å²) < 4.78 is 86.4. The quantitative estimate of drug-likeness (QED) is 0.197. The third-order valence-corrected chi connectivity index (χ3v) is 7.28. The Labute approximate surface area is 248 Å². The first-order chi connectivity index (χ1) is 20.8. The standard InChI is InChI=1S/C26H23ClF6N8O3/c27-19-20(11-3-4-11)38-22(39-21(19)34)13-7-16-14(6-15(13)28)24(43)41(10-35-16)5-1-2-12(9-44-25(29)30)37-17-8-36-40-23(42)18(17)26(31,32)33/h6-8,10-12,25H,1-5,9H2,(H2,34,38,39)(H2,37,40,42). The fraction of sp³-hybridized carbons (Fsp3) is 0.385. The topological polar surface area (TPSA) is 154 Å². The third kappa shape index (κ3) is 6.77. The molecule has 0 amide bonds. The van der Waals surface area contributed by atoms with Crippen LogP contribution in [0.2, 0.25) is 5.02 Å². The molecular weight excluding hydrogens is 622 g/mol. The monoisotopic (exact) mass is 644 g/mol. The van der Waals surface area contributed by atoms with Gasteiger partial charge in [-0.3, -0.25) is 14.2 Å². The van der Waals surface area contributed by atoms with Crippen molar-refractivity contribution in [3.63, 3.8) is 0 Å². The number of anilines is 2. The first kappa shape index (κ1) is 31.2. The molecule has 1 saturated carbocycles. The molecule has 1 aromatic carbocycles. The minimum atomic E-state index is -5.06. The van der Waals surface area contributed by atoms with Crippen molar-refractivity contribution in [2.24, 2.45) is 0 Å². The van der Waals surface area contributed by atoms with Gasteiger partial charge in [-0.2, -0.15) is 27.1 Å². The number of benzene rings is 1. The zero-order valence-corrected chi connectivity index (χ0v) is 23.2. The molecule has 1 aliphatic carbocycles. The van der Waals surface area contributed by atoms with Crippen molar-refractivity contribution in [2.75, 3.05) is 17.7 Å². The Hall–Kier alpha value is -4.25. The highest BCUT2D eigenvalue weighted by atomic mass is 35.5. The van der Waals surface area contributed by atoms with Gasteiger partial charge in [-0.1, -0.05) is 11.6 Å². The van der Waals surface area contributed by atoms with Gasteiger partial charge in [0.15, 0.2) is 5.82 Å². The van der Waals surface area contributed by atoms with E-state index in [0.717, 1.165) is 23.5 Å². The molecule has 4 N–H and O–H groups in total. The Kier molecular flexibility index (Phi) is 8.78. The molecule has 0 radical (unpaired) electrons. The average molecular weight is 645 g/mol. The van der Waals surface area contributed by atoms with E-state index in [1.165, 1.54) is 12.4 Å². The van der Waals surface area contributed by atoms with Crippen LogP contribution in [0.3, 0.4) is 0 Å². The van der Waals surface area contributed by atoms with Gasteiger partial charge in [-0.25, -0.2) is 24.4 Å². The van der Waals surface area contributed by atoms with Gasteiger partial charge < -0.3 is 15.8 Å². The predicted molar refractivity (Wildman–Crippen MR) is 147 cm³/mol. The van der Waals surface area contributed by atoms with Crippen molar-refractivity contribution >= 4 is 34.0 Å². The second-order valence-corrected chi connectivity index (χ2v) is 10.4. The highest BCUT2D eigenvalue weighted by Gasteiger charge is 2.38. The number of rotatable bonds is 11. The van der Waals surface area contributed by atoms with Gasteiger partial charge in [0.2, 0.25) is 0 Å². The van der Waals surface area contributed by atoms with Crippen LogP contribution < -0.4 is 22.2 Å². The Balaban J connectivity index is 1.35. The lowest BCUT2D eigenvalue weighted by atomic mass is 10.1. The van der Waals surface area contributed by atoms with Crippen molar-refractivity contribution in [1.29, 1.82) is 0 Å². The van der Waals surface area contributed by atoms with E-state index >= 15 is 4.39 Å². The van der Waals surface area contributed by atoms with E-state index in [9.17, 15) is 31.5 Å². The van der Waals surface area contributed by atoms with E-state index in [4.69, 9.17) is 17.3 Å². The van der Waals surface area contributed by atoms with Crippen LogP contribution in [-0.4, -0.2) is 49.0 Å². The van der Waals surface area contributed by atoms with Gasteiger partial charge in [0.05, 0.1) is 47.0 Å². The third-order valence-electron chi connectivity index (χ3n) is 6.89. The van der Waals surface area contributed by atoms with Crippen molar-refractivity contribution < 1.29 is 31.1 Å². The van der Waals surface area contributed by atoms with Crippen LogP contribution in [0.5, 0.6) is 0 Å². The van der Waals surface area contributed by atoms with Crippen LogP contribution in [0.1, 0.15) is 42.9 Å². The number of hydrogen-bond donors (Lipinski definition) is 3. The molecule has 0 aliphatic heterocycles. The fourth-order valence-corrected chi connectivity index (χ4v) is 4.88. The van der Waals surface area contributed by atoms with Gasteiger partial charge in [-0.15, -0.1) is 0 Å². The van der Waals surface area contributed by atoms with E-state index in [1.54, 1.807) is 5.10 Å². The normalized spacial score (nSPS) is 14.4. The van der Waals surface area contributed by atoms with Gasteiger partial charge in [0.1, 0.15) is 22.2 Å². The summed E-state index contributed by atoms with van der Waals surface area (Å²) in [5.74, 6) is -0.708. The summed E-state index contributed by atoms with van der Waals surface area (Å²) in [5.41, 5.74) is 2.09. The average Bonchev–Trinajstić information content (AvgIpc) is 3.79. The highest BCUT2D eigenvalue weighted by Crippen LogP contribution is 2.44. The first-order valence-corrected chi connectivity index (χ1v) is 13.5. The van der Waals surface area contributed by atoms with E-state index in [2.05, 4.69) is 30.1 Å². The molecule has 1 unspecified atom stereocenters. The molecular formula is C26H23ClF6N8O3. The molecule has 5 rings (SSSR count). The molecule has 4 aromatic rings. The minimum absolute atomic E-state index is 0.00172. The number of nitrogens with one attached hydrogen (secondary N) is 2. The molecule has 11 nitrogen and oxygen atoms in total. The predicted octanol–water partition coefficient (Wildman–Crippen LogP) is 4.71. The van der Waals surface area contributed by atoms with E-state index in [0.29, 0.717) is 11.9 Å². The van der Waals surface area contributed by atoms with E-state index in [-0.39, 0.29) is 58.4 Å². The number of nitrogens with two attached hydrogens (primary N) is 1. The Morgan fingerprint density at radius 1 is 1.20 bits per heavy atom. The van der Waals surface area contributed by atoms with Crippen LogP contribution in [0.15, 0.2) is 34.2 Å². The molecule has 44 heavy (non-hydrogen) atoms. The lowest BCUT2D eigenvalue weighted by Crippen LogP contribution is -2.32. The fourth-order valence-electron chi connectivity index (χ4n) is 4.64. The smallest absolute Gasteiger partial charge is 0.382 e. The molecule has 1 atom stereocenters. The zero-order chi connectivity index (χ0) is 31.8. The second kappa shape index (κ2) is 12.4. The minimum Gasteiger partial charge on any atom is -0.382 e. The van der Waals surface area contributed by atoms with Gasteiger partial charge in [0.25, 0.3) is 11.1 Å². The lowest BCUT2D eigenvalue weighted by Gasteiger charge is -2.22. The molecule has 0 saturated heterocycles. The van der Waals surface area contributed by atoms with Gasteiger partial charge in [-0.05, 0) is 37.8 Å². The summed E-state index contributed by atoms with van der Waals surface area (Å²) in [4.78, 5) is 37.6. The number of aromatic nitrogens is 6. The molecule has 3 aromatic heterocycles. The number of H-pyrrole nitrogens is 1. The molecule has 1 fully saturated rings.